The summed E-state index contributed by atoms with van der Waals surface area (Å²) in [6.45, 7) is 0. The molecule has 94 valence electrons. The first-order chi connectivity index (χ1) is 8.93. The Kier molecular flexibility index (Phi) is 3.99. The second kappa shape index (κ2) is 5.87. The molecule has 1 fully saturated rings. The summed E-state index contributed by atoms with van der Waals surface area (Å²) in [6, 6.07) is 22.3. The molecule has 1 saturated heterocycles. The zero-order valence-corrected chi connectivity index (χ0v) is 12.6. The summed E-state index contributed by atoms with van der Waals surface area (Å²) < 4.78 is 1.73. The van der Waals surface area contributed by atoms with E-state index in [-0.39, 0.29) is 21.2 Å². The minimum absolute atomic E-state index is 0.226. The molecule has 0 radical (unpaired) electrons. The van der Waals surface area contributed by atoms with Gasteiger partial charge in [0.2, 0.25) is 0 Å². The molecule has 0 amide bonds. The van der Waals surface area contributed by atoms with E-state index in [0.717, 1.165) is 7.85 Å². The van der Waals surface area contributed by atoms with Crippen LogP contribution in [0.5, 0.6) is 0 Å². The van der Waals surface area contributed by atoms with Crippen LogP contribution >= 0.6 is 0 Å². The number of hydrogen-bond acceptors (Lipinski definition) is 0. The number of halogens is 1. The summed E-state index contributed by atoms with van der Waals surface area (Å²) >= 11 is 0.226. The Bertz CT molecular complexity index is 432. The SMILES string of the molecule is c1ccc(C2CCCC(c3ccccc3)[I-]2)cc1. The minimum atomic E-state index is 0.226. The van der Waals surface area contributed by atoms with Crippen LogP contribution in [0.25, 0.3) is 0 Å². The fraction of sp³-hybridized carbons (Fsp3) is 0.294. The zero-order valence-electron chi connectivity index (χ0n) is 10.4. The van der Waals surface area contributed by atoms with E-state index in [4.69, 9.17) is 0 Å². The maximum absolute atomic E-state index is 2.32. The molecule has 2 aromatic carbocycles. The Morgan fingerprint density at radius 2 is 1.11 bits per heavy atom. The topological polar surface area (TPSA) is 0 Å². The third-order valence-corrected chi connectivity index (χ3v) is 7.96. The van der Waals surface area contributed by atoms with Gasteiger partial charge in [0.1, 0.15) is 0 Å². The second-order valence-electron chi connectivity index (χ2n) is 4.81. The molecule has 3 rings (SSSR count). The third-order valence-electron chi connectivity index (χ3n) is 3.54. The fourth-order valence-corrected chi connectivity index (χ4v) is 6.90. The summed E-state index contributed by atoms with van der Waals surface area (Å²) in [5, 5.41) is 0. The molecule has 0 N–H and O–H groups in total. The monoisotopic (exact) mass is 349 g/mol. The summed E-state index contributed by atoms with van der Waals surface area (Å²) in [7, 11) is 0. The van der Waals surface area contributed by atoms with Crippen molar-refractivity contribution in [1.82, 2.24) is 0 Å². The van der Waals surface area contributed by atoms with E-state index in [9.17, 15) is 0 Å². The first-order valence-electron chi connectivity index (χ1n) is 6.65. The van der Waals surface area contributed by atoms with Gasteiger partial charge < -0.3 is 0 Å². The molecule has 0 aliphatic carbocycles. The third kappa shape index (κ3) is 2.77. The van der Waals surface area contributed by atoms with Crippen molar-refractivity contribution < 1.29 is 21.2 Å². The van der Waals surface area contributed by atoms with Gasteiger partial charge in [0.15, 0.2) is 0 Å². The van der Waals surface area contributed by atoms with Crippen molar-refractivity contribution >= 4 is 0 Å². The van der Waals surface area contributed by atoms with E-state index >= 15 is 0 Å². The standard InChI is InChI=1S/C17H18I/c1-3-8-14(9-4-1)16-12-7-13-17(18-16)15-10-5-2-6-11-15/h1-6,8-11,16-17H,7,12-13H2/q-1. The molecule has 0 spiro atoms. The van der Waals surface area contributed by atoms with Gasteiger partial charge in [0, 0.05) is 0 Å². The second-order valence-corrected chi connectivity index (χ2v) is 8.54. The van der Waals surface area contributed by atoms with Crippen molar-refractivity contribution in [2.24, 2.45) is 0 Å². The Balaban J connectivity index is 1.77. The quantitative estimate of drug-likeness (QED) is 0.573. The van der Waals surface area contributed by atoms with Crippen LogP contribution in [0.2, 0.25) is 0 Å². The Labute approximate surface area is 120 Å². The van der Waals surface area contributed by atoms with E-state index < -0.39 is 0 Å². The zero-order chi connectivity index (χ0) is 12.2. The van der Waals surface area contributed by atoms with Crippen molar-refractivity contribution in [3.8, 4) is 0 Å². The van der Waals surface area contributed by atoms with Gasteiger partial charge in [-0.05, 0) is 0 Å². The van der Waals surface area contributed by atoms with Gasteiger partial charge in [-0.15, -0.1) is 0 Å². The summed E-state index contributed by atoms with van der Waals surface area (Å²) in [4.78, 5) is 0. The van der Waals surface area contributed by atoms with Gasteiger partial charge in [0.25, 0.3) is 0 Å². The van der Waals surface area contributed by atoms with Crippen LogP contribution < -0.4 is 21.2 Å². The molecule has 2 atom stereocenters. The molecule has 0 saturated carbocycles. The molecule has 2 aromatic rings. The van der Waals surface area contributed by atoms with E-state index in [0.29, 0.717) is 0 Å². The van der Waals surface area contributed by atoms with Crippen molar-refractivity contribution in [1.29, 1.82) is 0 Å². The van der Waals surface area contributed by atoms with Crippen molar-refractivity contribution in [3.05, 3.63) is 71.8 Å². The molecule has 1 aliphatic rings. The van der Waals surface area contributed by atoms with Crippen LogP contribution in [0.15, 0.2) is 60.7 Å². The first-order valence-corrected chi connectivity index (χ1v) is 9.14. The molecule has 18 heavy (non-hydrogen) atoms. The summed E-state index contributed by atoms with van der Waals surface area (Å²) in [5.74, 6) is 0. The van der Waals surface area contributed by atoms with E-state index in [1.807, 2.05) is 0 Å². The molecule has 1 heterocycles. The Morgan fingerprint density at radius 1 is 0.667 bits per heavy atom. The van der Waals surface area contributed by atoms with Gasteiger partial charge in [-0.3, -0.25) is 0 Å². The van der Waals surface area contributed by atoms with Gasteiger partial charge in [-0.1, -0.05) is 0 Å². The van der Waals surface area contributed by atoms with Gasteiger partial charge >= 0.3 is 120 Å². The van der Waals surface area contributed by atoms with E-state index in [2.05, 4.69) is 60.7 Å². The Hall–Kier alpha value is -0.830. The predicted octanol–water partition coefficient (Wildman–Crippen LogP) is 1.74. The van der Waals surface area contributed by atoms with Gasteiger partial charge in [-0.2, -0.15) is 0 Å². The number of benzene rings is 2. The molecular weight excluding hydrogens is 331 g/mol. The summed E-state index contributed by atoms with van der Waals surface area (Å²) in [5.41, 5.74) is 3.15. The van der Waals surface area contributed by atoms with E-state index in [1.165, 1.54) is 19.3 Å². The molecule has 0 aromatic heterocycles. The first kappa shape index (κ1) is 12.2. The van der Waals surface area contributed by atoms with E-state index in [1.54, 1.807) is 11.1 Å². The molecule has 1 aliphatic heterocycles. The molecule has 2 unspecified atom stereocenters. The normalized spacial score (nSPS) is 24.2. The Morgan fingerprint density at radius 3 is 1.56 bits per heavy atom. The number of rotatable bonds is 2. The average Bonchev–Trinajstić information content (AvgIpc) is 2.49. The van der Waals surface area contributed by atoms with Crippen LogP contribution in [0.4, 0.5) is 0 Å². The molecule has 1 heteroatoms. The van der Waals surface area contributed by atoms with Gasteiger partial charge in [-0.25, -0.2) is 0 Å². The molecule has 0 bridgehead atoms. The molecular formula is C17H18I-. The predicted molar refractivity (Wildman–Crippen MR) is 72.2 cm³/mol. The van der Waals surface area contributed by atoms with Crippen LogP contribution in [0.1, 0.15) is 38.2 Å². The molecule has 0 nitrogen and oxygen atoms in total. The van der Waals surface area contributed by atoms with Crippen LogP contribution in [0, 0.1) is 0 Å². The maximum atomic E-state index is 2.32. The van der Waals surface area contributed by atoms with Crippen molar-refractivity contribution in [2.75, 3.05) is 0 Å². The fourth-order valence-electron chi connectivity index (χ4n) is 2.59. The van der Waals surface area contributed by atoms with Crippen LogP contribution in [0.3, 0.4) is 0 Å². The number of hydrogen-bond donors (Lipinski definition) is 0. The van der Waals surface area contributed by atoms with Gasteiger partial charge in [0.05, 0.1) is 0 Å². The number of alkyl halides is 2. The van der Waals surface area contributed by atoms with Crippen LogP contribution in [-0.4, -0.2) is 0 Å². The van der Waals surface area contributed by atoms with Crippen molar-refractivity contribution in [2.45, 2.75) is 27.1 Å². The average molecular weight is 349 g/mol. The summed E-state index contributed by atoms with van der Waals surface area (Å²) in [6.07, 6.45) is 4.19. The van der Waals surface area contributed by atoms with Crippen molar-refractivity contribution in [3.63, 3.8) is 0 Å². The van der Waals surface area contributed by atoms with Crippen LogP contribution in [-0.2, 0) is 0 Å².